The highest BCUT2D eigenvalue weighted by Gasteiger charge is 2.11. The molecule has 1 N–H and O–H groups in total. The predicted molar refractivity (Wildman–Crippen MR) is 63.2 cm³/mol. The lowest BCUT2D eigenvalue weighted by molar-refractivity contribution is -0.117. The Balaban J connectivity index is 2.59. The molecule has 0 fully saturated rings. The molecular weight excluding hydrogens is 229 g/mol. The van der Waals surface area contributed by atoms with Crippen molar-refractivity contribution in [2.24, 2.45) is 0 Å². The maximum absolute atomic E-state index is 13.3. The molecule has 0 saturated carbocycles. The third kappa shape index (κ3) is 3.76. The van der Waals surface area contributed by atoms with E-state index >= 15 is 0 Å². The molecule has 16 heavy (non-hydrogen) atoms. The van der Waals surface area contributed by atoms with E-state index < -0.39 is 5.82 Å². The molecule has 0 heterocycles. The minimum atomic E-state index is -0.440. The monoisotopic (exact) mass is 241 g/mol. The maximum Gasteiger partial charge on any atom is 0.151 e. The molecule has 2 nitrogen and oxygen atoms in total. The van der Waals surface area contributed by atoms with Crippen molar-refractivity contribution in [2.75, 3.05) is 13.1 Å². The van der Waals surface area contributed by atoms with Crippen molar-refractivity contribution in [1.29, 1.82) is 0 Å². The Labute approximate surface area is 99.1 Å². The molecule has 86 valence electrons. The first-order valence-electron chi connectivity index (χ1n) is 4.91. The summed E-state index contributed by atoms with van der Waals surface area (Å²) in [6.07, 6.45) is 1.67. The normalized spacial score (nSPS) is 10.1. The number of benzene rings is 1. The number of ketones is 1. The van der Waals surface area contributed by atoms with Gasteiger partial charge < -0.3 is 5.32 Å². The number of rotatable bonds is 6. The first kappa shape index (κ1) is 12.9. The van der Waals surface area contributed by atoms with Crippen LogP contribution in [0.2, 0.25) is 5.02 Å². The molecule has 0 aliphatic heterocycles. The zero-order valence-corrected chi connectivity index (χ0v) is 9.56. The van der Waals surface area contributed by atoms with E-state index in [9.17, 15) is 9.18 Å². The molecule has 0 saturated heterocycles. The van der Waals surface area contributed by atoms with E-state index in [0.717, 1.165) is 0 Å². The number of carbonyl (C=O) groups excluding carboxylic acids is 1. The Kier molecular flexibility index (Phi) is 5.15. The van der Waals surface area contributed by atoms with Gasteiger partial charge in [-0.25, -0.2) is 4.39 Å². The van der Waals surface area contributed by atoms with Gasteiger partial charge in [0.05, 0.1) is 6.54 Å². The summed E-state index contributed by atoms with van der Waals surface area (Å²) >= 11 is 5.81. The van der Waals surface area contributed by atoms with Crippen LogP contribution in [0.15, 0.2) is 30.9 Å². The molecule has 4 heteroatoms. The van der Waals surface area contributed by atoms with E-state index in [1.54, 1.807) is 12.1 Å². The first-order chi connectivity index (χ1) is 7.65. The van der Waals surface area contributed by atoms with Crippen LogP contribution in [-0.4, -0.2) is 18.9 Å². The summed E-state index contributed by atoms with van der Waals surface area (Å²) in [5.74, 6) is -0.543. The van der Waals surface area contributed by atoms with Crippen LogP contribution in [0.4, 0.5) is 4.39 Å². The summed E-state index contributed by atoms with van der Waals surface area (Å²) in [7, 11) is 0. The Hall–Kier alpha value is -1.19. The maximum atomic E-state index is 13.3. The van der Waals surface area contributed by atoms with Gasteiger partial charge in [0, 0.05) is 23.6 Å². The molecule has 0 radical (unpaired) electrons. The topological polar surface area (TPSA) is 29.1 Å². The van der Waals surface area contributed by atoms with Crippen LogP contribution in [-0.2, 0) is 11.2 Å². The molecule has 0 bridgehead atoms. The van der Waals surface area contributed by atoms with Crippen molar-refractivity contribution in [1.82, 2.24) is 5.32 Å². The molecular formula is C12H13ClFNO. The smallest absolute Gasteiger partial charge is 0.151 e. The van der Waals surface area contributed by atoms with Crippen molar-refractivity contribution in [3.63, 3.8) is 0 Å². The second-order valence-corrected chi connectivity index (χ2v) is 3.74. The fraction of sp³-hybridized carbons (Fsp3) is 0.250. The van der Waals surface area contributed by atoms with Gasteiger partial charge in [-0.05, 0) is 12.1 Å². The standard InChI is InChI=1S/C12H13ClFNO/c1-2-6-15-8-9(16)7-10-11(13)4-3-5-12(10)14/h2-5,15H,1,6-8H2. The van der Waals surface area contributed by atoms with Gasteiger partial charge in [-0.3, -0.25) is 4.79 Å². The van der Waals surface area contributed by atoms with Crippen molar-refractivity contribution in [3.05, 3.63) is 47.3 Å². The molecule has 0 aliphatic rings. The van der Waals surface area contributed by atoms with Crippen molar-refractivity contribution >= 4 is 17.4 Å². The summed E-state index contributed by atoms with van der Waals surface area (Å²) in [6.45, 7) is 4.26. The molecule has 1 aromatic rings. The predicted octanol–water partition coefficient (Wildman–Crippen LogP) is 2.37. The zero-order chi connectivity index (χ0) is 12.0. The van der Waals surface area contributed by atoms with Gasteiger partial charge in [0.25, 0.3) is 0 Å². The number of Topliss-reactive ketones (excluding diaryl/α,β-unsaturated/α-hetero) is 1. The lowest BCUT2D eigenvalue weighted by Crippen LogP contribution is -2.24. The highest BCUT2D eigenvalue weighted by atomic mass is 35.5. The van der Waals surface area contributed by atoms with Gasteiger partial charge in [0.1, 0.15) is 5.82 Å². The summed E-state index contributed by atoms with van der Waals surface area (Å²) < 4.78 is 13.3. The molecule has 0 amide bonds. The number of nitrogens with one attached hydrogen (secondary N) is 1. The van der Waals surface area contributed by atoms with Crippen LogP contribution < -0.4 is 5.32 Å². The SMILES string of the molecule is C=CCNCC(=O)Cc1c(F)cccc1Cl. The van der Waals surface area contributed by atoms with E-state index in [1.165, 1.54) is 12.1 Å². The highest BCUT2D eigenvalue weighted by Crippen LogP contribution is 2.19. The van der Waals surface area contributed by atoms with E-state index in [4.69, 9.17) is 11.6 Å². The molecule has 0 aliphatic carbocycles. The van der Waals surface area contributed by atoms with Gasteiger partial charge in [0.15, 0.2) is 5.78 Å². The number of hydrogen-bond acceptors (Lipinski definition) is 2. The van der Waals surface area contributed by atoms with Crippen molar-refractivity contribution in [3.8, 4) is 0 Å². The summed E-state index contributed by atoms with van der Waals surface area (Å²) in [6, 6.07) is 4.39. The number of carbonyl (C=O) groups is 1. The molecule has 0 atom stereocenters. The summed E-state index contributed by atoms with van der Waals surface area (Å²) in [4.78, 5) is 11.5. The lowest BCUT2D eigenvalue weighted by atomic mass is 10.1. The minimum absolute atomic E-state index is 0.00957. The van der Waals surface area contributed by atoms with E-state index in [0.29, 0.717) is 6.54 Å². The van der Waals surface area contributed by atoms with Gasteiger partial charge >= 0.3 is 0 Å². The molecule has 1 aromatic carbocycles. The summed E-state index contributed by atoms with van der Waals surface area (Å²) in [5, 5.41) is 3.15. The van der Waals surface area contributed by atoms with Crippen LogP contribution in [0.3, 0.4) is 0 Å². The molecule has 0 unspecified atom stereocenters. The number of hydrogen-bond donors (Lipinski definition) is 1. The number of halogens is 2. The van der Waals surface area contributed by atoms with Gasteiger partial charge in [-0.2, -0.15) is 0 Å². The van der Waals surface area contributed by atoms with Gasteiger partial charge in [-0.15, -0.1) is 6.58 Å². The second kappa shape index (κ2) is 6.40. The Morgan fingerprint density at radius 3 is 2.94 bits per heavy atom. The third-order valence-electron chi connectivity index (χ3n) is 2.05. The third-order valence-corrected chi connectivity index (χ3v) is 2.40. The molecule has 0 aromatic heterocycles. The quantitative estimate of drug-likeness (QED) is 0.612. The Morgan fingerprint density at radius 1 is 1.56 bits per heavy atom. The summed E-state index contributed by atoms with van der Waals surface area (Å²) in [5.41, 5.74) is 0.259. The molecule has 0 spiro atoms. The Bertz CT molecular complexity index is 372. The zero-order valence-electron chi connectivity index (χ0n) is 8.80. The average molecular weight is 242 g/mol. The van der Waals surface area contributed by atoms with E-state index in [1.807, 2.05) is 0 Å². The van der Waals surface area contributed by atoms with Crippen LogP contribution >= 0.6 is 11.6 Å². The van der Waals surface area contributed by atoms with Crippen molar-refractivity contribution in [2.45, 2.75) is 6.42 Å². The van der Waals surface area contributed by atoms with Crippen LogP contribution in [0.1, 0.15) is 5.56 Å². The molecule has 1 rings (SSSR count). The van der Waals surface area contributed by atoms with Crippen molar-refractivity contribution < 1.29 is 9.18 Å². The fourth-order valence-electron chi connectivity index (χ4n) is 1.27. The first-order valence-corrected chi connectivity index (χ1v) is 5.29. The lowest BCUT2D eigenvalue weighted by Gasteiger charge is -2.05. The second-order valence-electron chi connectivity index (χ2n) is 3.34. The van der Waals surface area contributed by atoms with Gasteiger partial charge in [0.2, 0.25) is 0 Å². The largest absolute Gasteiger partial charge is 0.307 e. The van der Waals surface area contributed by atoms with E-state index in [2.05, 4.69) is 11.9 Å². The Morgan fingerprint density at radius 2 is 2.31 bits per heavy atom. The fourth-order valence-corrected chi connectivity index (χ4v) is 1.50. The highest BCUT2D eigenvalue weighted by molar-refractivity contribution is 6.31. The van der Waals surface area contributed by atoms with Crippen LogP contribution in [0, 0.1) is 5.82 Å². The van der Waals surface area contributed by atoms with Gasteiger partial charge in [-0.1, -0.05) is 23.7 Å². The van der Waals surface area contributed by atoms with Crippen LogP contribution in [0.5, 0.6) is 0 Å². The minimum Gasteiger partial charge on any atom is -0.307 e. The van der Waals surface area contributed by atoms with E-state index in [-0.39, 0.29) is 29.3 Å². The van der Waals surface area contributed by atoms with Crippen LogP contribution in [0.25, 0.3) is 0 Å². The average Bonchev–Trinajstić information content (AvgIpc) is 2.24.